The Balaban J connectivity index is 0.000000624. The van der Waals surface area contributed by atoms with Gasteiger partial charge in [-0.2, -0.15) is 69.5 Å². The number of hydrogen-bond donors (Lipinski definition) is 0. The molecular formula is C60H66ClF12N2NaO14S4. The number of pyridine rings is 2. The van der Waals surface area contributed by atoms with Gasteiger partial charge in [0.05, 0.1) is 0 Å². The van der Waals surface area contributed by atoms with E-state index in [1.165, 1.54) is 85.8 Å². The fraction of sp³-hybridized carbons (Fsp3) is 0.367. The Bertz CT molecular complexity index is 3500. The molecular weight excluding hydrogens is 1390 g/mol. The summed E-state index contributed by atoms with van der Waals surface area (Å²) in [5.74, 6) is -14.8. The molecule has 2 aromatic heterocycles. The topological polar surface area (TPSA) is 227 Å². The SMILES string of the molecule is C=Cc1ccc(OS(=O)(=O)C(F)(F)C(F)(F)C(F)(F)S(=O)(=O)[O-])cc1.C=Cc1ccc(OS(=O)(=O)C(F)(F)C(F)(F)C(F)(F)S(=O)(=O)[O-])cc1.CCCCC(CC)CO[n+]1ccc(-c2ccccc2)cc1.CCCCC(CC)CO[n+]1ccc(-c2ccccc2)cc1.[Cl-].[Na+]. The summed E-state index contributed by atoms with van der Waals surface area (Å²) in [6.45, 7) is 17.2. The third kappa shape index (κ3) is 22.6. The first-order chi connectivity index (χ1) is 42.7. The summed E-state index contributed by atoms with van der Waals surface area (Å²) in [6.07, 6.45) is 20.4. The standard InChI is InChI=1S/2C19H26NO.2C11H8F6O6S2.ClH.Na/c2*1-3-5-9-17(4-2)16-21-20-14-12-19(13-15-20)18-10-7-6-8-11-18;2*1-2-7-3-5-8(6-4-7)23-25(21,22)11(16,17)9(12,13)10(14,15)24(18,19)20;;/h2*6-8,10-15,17H,3-5,9,16H2,1-2H3;2*2-6H,1H2,(H,18,19,20);1H;/q2*+1;;;;+1/p-3. The quantitative estimate of drug-likeness (QED) is 0.0141. The molecule has 0 aliphatic heterocycles. The van der Waals surface area contributed by atoms with Gasteiger partial charge < -0.3 is 29.9 Å². The van der Waals surface area contributed by atoms with Crippen molar-refractivity contribution in [2.24, 2.45) is 11.8 Å². The van der Waals surface area contributed by atoms with Crippen LogP contribution in [0, 0.1) is 11.8 Å². The van der Waals surface area contributed by atoms with Crippen molar-refractivity contribution in [1.29, 1.82) is 0 Å². The summed E-state index contributed by atoms with van der Waals surface area (Å²) in [5.41, 5.74) is 5.58. The molecule has 0 fully saturated rings. The Morgan fingerprint density at radius 2 is 0.702 bits per heavy atom. The van der Waals surface area contributed by atoms with Crippen LogP contribution in [0.4, 0.5) is 52.7 Å². The van der Waals surface area contributed by atoms with Crippen LogP contribution in [0.5, 0.6) is 11.5 Å². The van der Waals surface area contributed by atoms with Crippen LogP contribution in [0.1, 0.15) is 90.2 Å². The Morgan fingerprint density at radius 1 is 0.436 bits per heavy atom. The van der Waals surface area contributed by atoms with Crippen LogP contribution in [-0.2, 0) is 40.5 Å². The van der Waals surface area contributed by atoms with E-state index in [1.54, 1.807) is 0 Å². The summed E-state index contributed by atoms with van der Waals surface area (Å²) in [7, 11) is -28.3. The molecule has 94 heavy (non-hydrogen) atoms. The molecule has 34 heteroatoms. The van der Waals surface area contributed by atoms with Crippen LogP contribution in [0.25, 0.3) is 34.4 Å². The van der Waals surface area contributed by atoms with Gasteiger partial charge in [-0.3, -0.25) is 9.68 Å². The number of alkyl halides is 12. The number of benzene rings is 4. The smallest absolute Gasteiger partial charge is 1.00 e. The third-order valence-corrected chi connectivity index (χ3v) is 17.5. The van der Waals surface area contributed by atoms with Crippen molar-refractivity contribution in [3.05, 3.63) is 183 Å². The zero-order valence-corrected chi connectivity index (χ0v) is 57.0. The summed E-state index contributed by atoms with van der Waals surface area (Å²) >= 11 is 0. The van der Waals surface area contributed by atoms with E-state index in [4.69, 9.17) is 9.68 Å². The van der Waals surface area contributed by atoms with E-state index >= 15 is 0 Å². The number of hydrogen-bond acceptors (Lipinski definition) is 14. The van der Waals surface area contributed by atoms with Gasteiger partial charge in [0.15, 0.2) is 33.5 Å². The second kappa shape index (κ2) is 37.0. The first-order valence-corrected chi connectivity index (χ1v) is 33.2. The molecule has 0 aliphatic carbocycles. The van der Waals surface area contributed by atoms with Gasteiger partial charge in [-0.05, 0) is 95.2 Å². The zero-order valence-electron chi connectivity index (χ0n) is 51.0. The molecule has 4 aromatic carbocycles. The van der Waals surface area contributed by atoms with Crippen molar-refractivity contribution in [3.63, 3.8) is 0 Å². The number of unbranched alkanes of at least 4 members (excludes halogenated alkanes) is 2. The van der Waals surface area contributed by atoms with Crippen LogP contribution < -0.4 is 69.5 Å². The van der Waals surface area contributed by atoms with E-state index in [-0.39, 0.29) is 42.0 Å². The van der Waals surface area contributed by atoms with Crippen molar-refractivity contribution in [3.8, 4) is 33.8 Å². The molecule has 0 aliphatic rings. The van der Waals surface area contributed by atoms with Crippen molar-refractivity contribution < 1.29 is 165 Å². The van der Waals surface area contributed by atoms with Gasteiger partial charge in [0.2, 0.25) is 24.8 Å². The van der Waals surface area contributed by atoms with Crippen LogP contribution in [-0.4, -0.2) is 88.9 Å². The predicted octanol–water partition coefficient (Wildman–Crippen LogP) is 7.39. The molecule has 16 nitrogen and oxygen atoms in total. The first kappa shape index (κ1) is 86.0. The number of aromatic nitrogens is 2. The van der Waals surface area contributed by atoms with Gasteiger partial charge >= 0.3 is 82.7 Å². The summed E-state index contributed by atoms with van der Waals surface area (Å²) in [6, 6.07) is 36.3. The number of halogens is 13. The molecule has 6 aromatic rings. The van der Waals surface area contributed by atoms with Crippen LogP contribution in [0.2, 0.25) is 0 Å². The van der Waals surface area contributed by atoms with Crippen molar-refractivity contribution in [2.45, 2.75) is 112 Å². The van der Waals surface area contributed by atoms with Crippen molar-refractivity contribution in [2.75, 3.05) is 13.2 Å². The molecule has 2 unspecified atom stereocenters. The maximum absolute atomic E-state index is 13.5. The van der Waals surface area contributed by atoms with E-state index in [9.17, 15) is 95.5 Å². The van der Waals surface area contributed by atoms with Gasteiger partial charge in [-0.1, -0.05) is 164 Å². The largest absolute Gasteiger partial charge is 1.00 e. The van der Waals surface area contributed by atoms with E-state index in [0.717, 1.165) is 37.5 Å². The first-order valence-electron chi connectivity index (χ1n) is 27.6. The third-order valence-electron chi connectivity index (χ3n) is 13.2. The maximum Gasteiger partial charge on any atom is 1.00 e. The molecule has 0 radical (unpaired) electrons. The zero-order chi connectivity index (χ0) is 69.6. The molecule has 0 bridgehead atoms. The fourth-order valence-electron chi connectivity index (χ4n) is 7.47. The van der Waals surface area contributed by atoms with Gasteiger partial charge in [0.1, 0.15) is 11.5 Å². The van der Waals surface area contributed by atoms with Crippen LogP contribution >= 0.6 is 0 Å². The Morgan fingerprint density at radius 3 is 0.936 bits per heavy atom. The fourth-order valence-corrected chi connectivity index (χ4v) is 10.3. The summed E-state index contributed by atoms with van der Waals surface area (Å²) < 4.78 is 275. The van der Waals surface area contributed by atoms with Gasteiger partial charge in [0.25, 0.3) is 0 Å². The van der Waals surface area contributed by atoms with Gasteiger partial charge in [-0.25, -0.2) is 16.8 Å². The Kier molecular flexibility index (Phi) is 33.8. The van der Waals surface area contributed by atoms with Crippen molar-refractivity contribution >= 4 is 52.6 Å². The molecule has 2 heterocycles. The molecule has 0 amide bonds. The van der Waals surface area contributed by atoms with Gasteiger partial charge in [-0.15, -0.1) is 0 Å². The monoisotopic (exact) mass is 1450 g/mol. The molecule has 2 atom stereocenters. The van der Waals surface area contributed by atoms with E-state index in [1.807, 2.05) is 46.4 Å². The summed E-state index contributed by atoms with van der Waals surface area (Å²) in [5, 5.41) is -27.4. The molecule has 0 saturated carbocycles. The van der Waals surface area contributed by atoms with Crippen molar-refractivity contribution in [1.82, 2.24) is 0 Å². The average molecular weight is 1450 g/mol. The Hall–Kier alpha value is -5.97. The average Bonchev–Trinajstić information content (AvgIpc) is 0.733. The summed E-state index contributed by atoms with van der Waals surface area (Å²) in [4.78, 5) is 11.7. The minimum absolute atomic E-state index is 0. The predicted molar refractivity (Wildman–Crippen MR) is 315 cm³/mol. The van der Waals surface area contributed by atoms with E-state index < -0.39 is 84.8 Å². The minimum Gasteiger partial charge on any atom is -1.00 e. The number of rotatable bonds is 30. The molecule has 516 valence electrons. The minimum atomic E-state index is -7.33. The molecule has 0 N–H and O–H groups in total. The second-order valence-electron chi connectivity index (χ2n) is 19.8. The number of nitrogens with zero attached hydrogens (tertiary/aromatic N) is 2. The second-order valence-corrected chi connectivity index (χ2v) is 25.8. The maximum atomic E-state index is 13.5. The van der Waals surface area contributed by atoms with E-state index in [0.29, 0.717) is 47.2 Å². The van der Waals surface area contributed by atoms with Crippen LogP contribution in [0.15, 0.2) is 171 Å². The normalized spacial score (nSPS) is 13.0. The van der Waals surface area contributed by atoms with Crippen LogP contribution in [0.3, 0.4) is 0 Å². The Labute approximate surface area is 567 Å². The van der Waals surface area contributed by atoms with E-state index in [2.05, 4.69) is 122 Å². The molecule has 6 rings (SSSR count). The molecule has 0 spiro atoms. The molecule has 0 saturated heterocycles. The van der Waals surface area contributed by atoms with Gasteiger partial charge in [0, 0.05) is 33.7 Å².